The minimum Gasteiger partial charge on any atom is -0.382 e. The van der Waals surface area contributed by atoms with Gasteiger partial charge < -0.3 is 5.73 Å². The first kappa shape index (κ1) is 11.8. The van der Waals surface area contributed by atoms with E-state index in [1.165, 1.54) is 18.0 Å². The van der Waals surface area contributed by atoms with Crippen LogP contribution in [0.15, 0.2) is 40.8 Å². The lowest BCUT2D eigenvalue weighted by Crippen LogP contribution is -2.13. The van der Waals surface area contributed by atoms with Crippen molar-refractivity contribution in [3.8, 4) is 0 Å². The van der Waals surface area contributed by atoms with E-state index in [1.54, 1.807) is 24.5 Å². The number of nitrogen functional groups attached to an aromatic ring is 1. The highest BCUT2D eigenvalue weighted by Crippen LogP contribution is 2.23. The van der Waals surface area contributed by atoms with Gasteiger partial charge in [-0.15, -0.1) is 0 Å². The number of nitrogens with two attached hydrogens (primary N) is 1. The summed E-state index contributed by atoms with van der Waals surface area (Å²) in [5, 5.41) is 9.24. The van der Waals surface area contributed by atoms with Crippen LogP contribution in [0.4, 0.5) is 0 Å². The second-order valence-corrected chi connectivity index (χ2v) is 4.55. The summed E-state index contributed by atoms with van der Waals surface area (Å²) in [6.45, 7) is 0. The lowest BCUT2D eigenvalue weighted by atomic mass is 10.4. The Kier molecular flexibility index (Phi) is 3.55. The highest BCUT2D eigenvalue weighted by atomic mass is 35.5. The summed E-state index contributed by atoms with van der Waals surface area (Å²) in [5.41, 5.74) is 5.64. The van der Waals surface area contributed by atoms with E-state index in [2.05, 4.69) is 15.0 Å². The first-order valence-electron chi connectivity index (χ1n) is 4.61. The van der Waals surface area contributed by atoms with Gasteiger partial charge in [0.05, 0.1) is 17.4 Å². The molecule has 0 saturated heterocycles. The van der Waals surface area contributed by atoms with Crippen LogP contribution in [0.25, 0.3) is 0 Å². The van der Waals surface area contributed by atoms with Crippen molar-refractivity contribution in [2.24, 2.45) is 5.73 Å². The Morgan fingerprint density at radius 2 is 1.88 bits per heavy atom. The van der Waals surface area contributed by atoms with Crippen molar-refractivity contribution in [2.45, 2.75) is 10.1 Å². The van der Waals surface area contributed by atoms with E-state index in [9.17, 15) is 0 Å². The molecule has 2 aromatic rings. The molecule has 0 aromatic carbocycles. The molecule has 3 N–H and O–H groups in total. The summed E-state index contributed by atoms with van der Waals surface area (Å²) in [6, 6.07) is 3.56. The highest BCUT2D eigenvalue weighted by molar-refractivity contribution is 7.99. The zero-order chi connectivity index (χ0) is 12.3. The molecule has 0 unspecified atom stereocenters. The Bertz CT molecular complexity index is 525. The maximum absolute atomic E-state index is 7.19. The predicted octanol–water partition coefficient (Wildman–Crippen LogP) is 1.96. The number of hydrogen-bond acceptors (Lipinski definition) is 5. The van der Waals surface area contributed by atoms with Gasteiger partial charge in [0.25, 0.3) is 0 Å². The van der Waals surface area contributed by atoms with E-state index in [0.29, 0.717) is 15.7 Å². The Morgan fingerprint density at radius 1 is 1.12 bits per heavy atom. The van der Waals surface area contributed by atoms with E-state index in [0.717, 1.165) is 5.03 Å². The molecule has 2 heterocycles. The number of rotatable bonds is 3. The van der Waals surface area contributed by atoms with E-state index < -0.39 is 0 Å². The van der Waals surface area contributed by atoms with Gasteiger partial charge in [0, 0.05) is 6.20 Å². The minimum absolute atomic E-state index is 0.0985. The normalized spacial score (nSPS) is 10.2. The van der Waals surface area contributed by atoms with Crippen LogP contribution >= 0.6 is 23.4 Å². The van der Waals surface area contributed by atoms with E-state index >= 15 is 0 Å². The maximum Gasteiger partial charge on any atom is 0.143 e. The fourth-order valence-corrected chi connectivity index (χ4v) is 1.82. The van der Waals surface area contributed by atoms with Crippen LogP contribution in [0, 0.1) is 5.41 Å². The van der Waals surface area contributed by atoms with Crippen molar-refractivity contribution in [1.82, 2.24) is 15.0 Å². The van der Waals surface area contributed by atoms with Gasteiger partial charge in [0.2, 0.25) is 0 Å². The van der Waals surface area contributed by atoms with Crippen LogP contribution in [0.5, 0.6) is 0 Å². The molecule has 0 saturated carbocycles. The summed E-state index contributed by atoms with van der Waals surface area (Å²) in [5.74, 6) is -0.0985. The summed E-state index contributed by atoms with van der Waals surface area (Å²) in [6.07, 6.45) is 4.58. The largest absolute Gasteiger partial charge is 0.382 e. The highest BCUT2D eigenvalue weighted by Gasteiger charge is 2.03. The number of hydrogen-bond donors (Lipinski definition) is 2. The second-order valence-electron chi connectivity index (χ2n) is 3.07. The predicted molar refractivity (Wildman–Crippen MR) is 66.4 cm³/mol. The van der Waals surface area contributed by atoms with E-state index in [1.807, 2.05) is 0 Å². The Labute approximate surface area is 107 Å². The topological polar surface area (TPSA) is 88.5 Å². The third-order valence-corrected chi connectivity index (χ3v) is 2.91. The third-order valence-electron chi connectivity index (χ3n) is 1.81. The molecule has 0 spiro atoms. The monoisotopic (exact) mass is 265 g/mol. The smallest absolute Gasteiger partial charge is 0.143 e. The van der Waals surface area contributed by atoms with Crippen molar-refractivity contribution >= 4 is 29.2 Å². The quantitative estimate of drug-likeness (QED) is 0.654. The van der Waals surface area contributed by atoms with Crippen molar-refractivity contribution in [1.29, 1.82) is 5.41 Å². The summed E-state index contributed by atoms with van der Waals surface area (Å²) < 4.78 is 0. The standard InChI is InChI=1S/C10H8ClN5S/c11-6-1-2-8(15-3-6)17-9-5-14-7(4-16-9)10(12)13/h1-5H,(H3,12,13). The lowest BCUT2D eigenvalue weighted by molar-refractivity contribution is 1.03. The van der Waals surface area contributed by atoms with Crippen molar-refractivity contribution in [3.05, 3.63) is 41.4 Å². The van der Waals surface area contributed by atoms with Crippen LogP contribution in [-0.2, 0) is 0 Å². The van der Waals surface area contributed by atoms with Crippen molar-refractivity contribution in [3.63, 3.8) is 0 Å². The fourth-order valence-electron chi connectivity index (χ4n) is 1.04. The molecule has 2 aromatic heterocycles. The average molecular weight is 266 g/mol. The zero-order valence-electron chi connectivity index (χ0n) is 8.59. The number of amidine groups is 1. The van der Waals surface area contributed by atoms with Crippen molar-refractivity contribution < 1.29 is 0 Å². The second kappa shape index (κ2) is 5.11. The zero-order valence-corrected chi connectivity index (χ0v) is 10.2. The van der Waals surface area contributed by atoms with E-state index in [-0.39, 0.29) is 5.84 Å². The van der Waals surface area contributed by atoms with Gasteiger partial charge in [-0.1, -0.05) is 11.6 Å². The summed E-state index contributed by atoms with van der Waals surface area (Å²) in [4.78, 5) is 12.3. The van der Waals surface area contributed by atoms with Crippen LogP contribution in [-0.4, -0.2) is 20.8 Å². The molecular weight excluding hydrogens is 258 g/mol. The SMILES string of the molecule is N=C(N)c1cnc(Sc2ccc(Cl)cn2)cn1. The number of nitrogens with one attached hydrogen (secondary N) is 1. The Morgan fingerprint density at radius 3 is 2.41 bits per heavy atom. The molecule has 0 aliphatic heterocycles. The van der Waals surface area contributed by atoms with Gasteiger partial charge in [-0.05, 0) is 23.9 Å². The van der Waals surface area contributed by atoms with Crippen LogP contribution < -0.4 is 5.73 Å². The molecule has 0 amide bonds. The lowest BCUT2D eigenvalue weighted by Gasteiger charge is -2.01. The molecular formula is C10H8ClN5S. The van der Waals surface area contributed by atoms with Crippen LogP contribution in [0.3, 0.4) is 0 Å². The first-order valence-corrected chi connectivity index (χ1v) is 5.80. The van der Waals surface area contributed by atoms with E-state index in [4.69, 9.17) is 22.7 Å². The molecule has 7 heteroatoms. The minimum atomic E-state index is -0.0985. The van der Waals surface area contributed by atoms with Gasteiger partial charge in [0.1, 0.15) is 21.6 Å². The van der Waals surface area contributed by atoms with Gasteiger partial charge in [0.15, 0.2) is 0 Å². The molecule has 0 bridgehead atoms. The van der Waals surface area contributed by atoms with Gasteiger partial charge in [-0.25, -0.2) is 15.0 Å². The third kappa shape index (κ3) is 3.15. The van der Waals surface area contributed by atoms with Crippen molar-refractivity contribution in [2.75, 3.05) is 0 Å². The Hall–Kier alpha value is -1.66. The molecule has 5 nitrogen and oxygen atoms in total. The molecule has 2 rings (SSSR count). The molecule has 0 aliphatic rings. The fraction of sp³-hybridized carbons (Fsp3) is 0. The van der Waals surface area contributed by atoms with Gasteiger partial charge in [-0.2, -0.15) is 0 Å². The van der Waals surface area contributed by atoms with Crippen LogP contribution in [0.1, 0.15) is 5.69 Å². The number of nitrogens with zero attached hydrogens (tertiary/aromatic N) is 3. The molecule has 0 radical (unpaired) electrons. The summed E-state index contributed by atoms with van der Waals surface area (Å²) >= 11 is 7.10. The summed E-state index contributed by atoms with van der Waals surface area (Å²) in [7, 11) is 0. The number of halogens is 1. The average Bonchev–Trinajstić information content (AvgIpc) is 2.33. The Balaban J connectivity index is 2.13. The van der Waals surface area contributed by atoms with Crippen LogP contribution in [0.2, 0.25) is 5.02 Å². The van der Waals surface area contributed by atoms with Gasteiger partial charge in [-0.3, -0.25) is 5.41 Å². The molecule has 86 valence electrons. The first-order chi connectivity index (χ1) is 8.15. The molecule has 0 fully saturated rings. The number of aromatic nitrogens is 3. The molecule has 0 aliphatic carbocycles. The maximum atomic E-state index is 7.19. The molecule has 0 atom stereocenters. The number of pyridine rings is 1. The van der Waals surface area contributed by atoms with Gasteiger partial charge >= 0.3 is 0 Å². The molecule has 17 heavy (non-hydrogen) atoms.